The number of aliphatic hydroxyl groups excluding tert-OH is 1. The maximum absolute atomic E-state index is 15.1. The normalized spacial score (nSPS) is 24.4. The second-order valence-corrected chi connectivity index (χ2v) is 20.4. The molecule has 0 spiro atoms. The van der Waals surface area contributed by atoms with Gasteiger partial charge in [0.05, 0.1) is 6.10 Å². The van der Waals surface area contributed by atoms with Gasteiger partial charge < -0.3 is 14.5 Å². The molecule has 0 aromatic heterocycles. The van der Waals surface area contributed by atoms with Crippen molar-refractivity contribution in [3.63, 3.8) is 0 Å². The van der Waals surface area contributed by atoms with Crippen LogP contribution in [0.1, 0.15) is 52.4 Å². The van der Waals surface area contributed by atoms with E-state index in [1.165, 1.54) is 0 Å². The molecule has 5 heteroatoms. The Balaban J connectivity index is 1.21. The third-order valence-corrected chi connectivity index (χ3v) is 19.0. The Morgan fingerprint density at radius 3 is 1.56 bits per heavy atom. The Morgan fingerprint density at radius 2 is 1.09 bits per heavy atom. The van der Waals surface area contributed by atoms with Crippen LogP contribution in [0.5, 0.6) is 0 Å². The molecule has 2 N–H and O–H groups in total. The van der Waals surface area contributed by atoms with E-state index in [2.05, 4.69) is 38.1 Å². The van der Waals surface area contributed by atoms with Gasteiger partial charge in [-0.3, -0.25) is 0 Å². The van der Waals surface area contributed by atoms with Gasteiger partial charge in [-0.15, -0.1) is 0 Å². The molecule has 3 nitrogen and oxygen atoms in total. The molecular weight excluding hydrogens is 563 g/mol. The first-order chi connectivity index (χ1) is 20.8. The van der Waals surface area contributed by atoms with Gasteiger partial charge in [-0.05, 0) is 71.7 Å². The van der Waals surface area contributed by atoms with E-state index in [-0.39, 0.29) is 10.7 Å². The highest BCUT2D eigenvalue weighted by Gasteiger charge is 2.55. The molecule has 2 saturated carbocycles. The molecule has 0 bridgehead atoms. The zero-order valence-corrected chi connectivity index (χ0v) is 27.3. The SMILES string of the molecule is CC(C)(CC[C@H]1[C@@H]2CC[C@@H](O)[C@H](P(=O)(c3ccccc3)c3ccccc3)CC[C@@H]21)[Si](O)(c1ccccc1)c1ccccc1. The summed E-state index contributed by atoms with van der Waals surface area (Å²) >= 11 is 0. The molecule has 0 unspecified atom stereocenters. The van der Waals surface area contributed by atoms with Gasteiger partial charge >= 0.3 is 0 Å². The van der Waals surface area contributed by atoms with Crippen LogP contribution < -0.4 is 21.0 Å². The number of hydrogen-bond donors (Lipinski definition) is 2. The summed E-state index contributed by atoms with van der Waals surface area (Å²) in [7, 11) is -6.08. The predicted molar refractivity (Wildman–Crippen MR) is 182 cm³/mol. The van der Waals surface area contributed by atoms with Crippen LogP contribution in [0.25, 0.3) is 0 Å². The monoisotopic (exact) mass is 608 g/mol. The molecule has 4 aromatic rings. The van der Waals surface area contributed by atoms with Crippen molar-refractivity contribution in [2.24, 2.45) is 17.8 Å². The lowest BCUT2D eigenvalue weighted by Gasteiger charge is -2.41. The molecule has 0 radical (unpaired) electrons. The molecule has 5 atom stereocenters. The summed E-state index contributed by atoms with van der Waals surface area (Å²) in [5.41, 5.74) is -0.274. The van der Waals surface area contributed by atoms with E-state index in [0.717, 1.165) is 53.1 Å². The van der Waals surface area contributed by atoms with Crippen LogP contribution in [-0.2, 0) is 4.57 Å². The van der Waals surface area contributed by atoms with E-state index in [4.69, 9.17) is 0 Å². The number of rotatable bonds is 9. The standard InChI is InChI=1S/C38H45O3PSi/c1-38(2,43(41,31-19-11-5-12-20-31)32-21-13-6-14-22-32)28-27-35-33-23-25-36(39)37(26-24-34(33)35)42(40,29-15-7-3-8-16-29)30-17-9-4-10-18-30/h3-22,33-37,39,41H,23-28H2,1-2H3/t33-,34+,35+,36-,37-/m1/s1. The van der Waals surface area contributed by atoms with Crippen LogP contribution >= 0.6 is 7.14 Å². The first-order valence-electron chi connectivity index (χ1n) is 16.0. The van der Waals surface area contributed by atoms with Gasteiger partial charge in [0.1, 0.15) is 7.14 Å². The van der Waals surface area contributed by atoms with E-state index in [1.807, 2.05) is 97.1 Å². The van der Waals surface area contributed by atoms with Crippen molar-refractivity contribution in [1.82, 2.24) is 0 Å². The van der Waals surface area contributed by atoms with E-state index in [1.54, 1.807) is 0 Å². The molecule has 0 amide bonds. The molecule has 4 aromatic carbocycles. The molecular formula is C38H45O3PSi. The highest BCUT2D eigenvalue weighted by molar-refractivity contribution is 7.79. The Morgan fingerprint density at radius 1 is 0.674 bits per heavy atom. The molecule has 2 aliphatic carbocycles. The molecule has 0 aliphatic heterocycles. The van der Waals surface area contributed by atoms with Crippen LogP contribution in [0.3, 0.4) is 0 Å². The third kappa shape index (κ3) is 5.64. The minimum Gasteiger partial charge on any atom is -0.424 e. The molecule has 0 saturated heterocycles. The van der Waals surface area contributed by atoms with E-state index < -0.39 is 21.6 Å². The van der Waals surface area contributed by atoms with Gasteiger partial charge in [0, 0.05) is 16.3 Å². The molecule has 224 valence electrons. The Bertz CT molecular complexity index is 1440. The average Bonchev–Trinajstić information content (AvgIpc) is 3.72. The quantitative estimate of drug-likeness (QED) is 0.169. The van der Waals surface area contributed by atoms with Crippen molar-refractivity contribution < 1.29 is 14.5 Å². The molecule has 6 rings (SSSR count). The van der Waals surface area contributed by atoms with Crippen LogP contribution in [0, 0.1) is 17.8 Å². The van der Waals surface area contributed by atoms with E-state index in [0.29, 0.717) is 24.2 Å². The van der Waals surface area contributed by atoms with Crippen molar-refractivity contribution in [2.45, 2.75) is 69.2 Å². The summed E-state index contributed by atoms with van der Waals surface area (Å²) in [4.78, 5) is 12.6. The fourth-order valence-corrected chi connectivity index (χ4v) is 15.4. The highest BCUT2D eigenvalue weighted by Crippen LogP contribution is 2.61. The number of aliphatic hydroxyl groups is 1. The highest BCUT2D eigenvalue weighted by atomic mass is 31.2. The third-order valence-electron chi connectivity index (χ3n) is 10.8. The largest absolute Gasteiger partial charge is 0.424 e. The molecule has 2 aliphatic rings. The second-order valence-electron chi connectivity index (χ2n) is 13.5. The smallest absolute Gasteiger partial charge is 0.258 e. The van der Waals surface area contributed by atoms with Crippen LogP contribution in [0.2, 0.25) is 5.04 Å². The van der Waals surface area contributed by atoms with E-state index >= 15 is 4.57 Å². The number of hydrogen-bond acceptors (Lipinski definition) is 3. The van der Waals surface area contributed by atoms with Gasteiger partial charge in [0.25, 0.3) is 8.32 Å². The topological polar surface area (TPSA) is 57.5 Å². The predicted octanol–water partition coefficient (Wildman–Crippen LogP) is 6.48. The Labute approximate surface area is 258 Å². The summed E-state index contributed by atoms with van der Waals surface area (Å²) in [5, 5.41) is 15.1. The maximum Gasteiger partial charge on any atom is 0.258 e. The van der Waals surface area contributed by atoms with Crippen LogP contribution in [-0.4, -0.2) is 30.0 Å². The lowest BCUT2D eigenvalue weighted by atomic mass is 9.98. The summed E-state index contributed by atoms with van der Waals surface area (Å²) in [6.07, 6.45) is 4.90. The van der Waals surface area contributed by atoms with Crippen molar-refractivity contribution in [2.75, 3.05) is 0 Å². The summed E-state index contributed by atoms with van der Waals surface area (Å²) in [6.45, 7) is 4.53. The summed E-state index contributed by atoms with van der Waals surface area (Å²) in [6, 6.07) is 40.3. The second kappa shape index (κ2) is 12.3. The van der Waals surface area contributed by atoms with Crippen molar-refractivity contribution in [3.8, 4) is 0 Å². The molecule has 43 heavy (non-hydrogen) atoms. The van der Waals surface area contributed by atoms with Gasteiger partial charge in [-0.1, -0.05) is 135 Å². The van der Waals surface area contributed by atoms with Gasteiger partial charge in [0.15, 0.2) is 0 Å². The van der Waals surface area contributed by atoms with E-state index in [9.17, 15) is 9.90 Å². The fraction of sp³-hybridized carbons (Fsp3) is 0.368. The average molecular weight is 609 g/mol. The fourth-order valence-electron chi connectivity index (χ4n) is 8.19. The van der Waals surface area contributed by atoms with Gasteiger partial charge in [-0.25, -0.2) is 0 Å². The van der Waals surface area contributed by atoms with Crippen LogP contribution in [0.4, 0.5) is 0 Å². The number of benzene rings is 4. The zero-order valence-electron chi connectivity index (χ0n) is 25.4. The first-order valence-corrected chi connectivity index (χ1v) is 19.7. The van der Waals surface area contributed by atoms with Crippen molar-refractivity contribution >= 4 is 36.4 Å². The molecule has 0 heterocycles. The summed E-state index contributed by atoms with van der Waals surface area (Å²) < 4.78 is 15.1. The molecule has 2 fully saturated rings. The minimum atomic E-state index is -3.04. The lowest BCUT2D eigenvalue weighted by Crippen LogP contribution is -2.65. The van der Waals surface area contributed by atoms with Gasteiger partial charge in [-0.2, -0.15) is 0 Å². The van der Waals surface area contributed by atoms with Crippen molar-refractivity contribution in [3.05, 3.63) is 121 Å². The Kier molecular flexibility index (Phi) is 8.68. The minimum absolute atomic E-state index is 0.258. The van der Waals surface area contributed by atoms with Crippen LogP contribution in [0.15, 0.2) is 121 Å². The first kappa shape index (κ1) is 30.3. The number of fused-ring (bicyclic) bond motifs is 1. The zero-order chi connectivity index (χ0) is 30.1. The Hall–Kier alpha value is -2.75. The summed E-state index contributed by atoms with van der Waals surface area (Å²) in [5.74, 6) is 1.82. The lowest BCUT2D eigenvalue weighted by molar-refractivity contribution is 0.143. The van der Waals surface area contributed by atoms with Gasteiger partial charge in [0.2, 0.25) is 0 Å². The maximum atomic E-state index is 15.1. The van der Waals surface area contributed by atoms with Crippen molar-refractivity contribution in [1.29, 1.82) is 0 Å².